The first kappa shape index (κ1) is 18.7. The van der Waals surface area contributed by atoms with E-state index in [-0.39, 0.29) is 5.92 Å². The summed E-state index contributed by atoms with van der Waals surface area (Å²) in [7, 11) is 0. The van der Waals surface area contributed by atoms with Crippen molar-refractivity contribution >= 4 is 12.0 Å². The number of nitrogens with one attached hydrogen (secondary N) is 2. The Morgan fingerprint density at radius 2 is 1.85 bits per heavy atom. The monoisotopic (exact) mass is 288 g/mol. The minimum atomic E-state index is -1.00. The van der Waals surface area contributed by atoms with Crippen LogP contribution in [0.15, 0.2) is 0 Å². The van der Waals surface area contributed by atoms with E-state index in [1.54, 1.807) is 6.92 Å². The van der Waals surface area contributed by atoms with Crippen molar-refractivity contribution in [3.63, 3.8) is 0 Å². The van der Waals surface area contributed by atoms with Crippen LogP contribution in [-0.2, 0) is 9.53 Å². The first-order chi connectivity index (χ1) is 9.52. The van der Waals surface area contributed by atoms with Gasteiger partial charge in [0.15, 0.2) is 0 Å². The molecule has 2 atom stereocenters. The minimum Gasteiger partial charge on any atom is -0.480 e. The second kappa shape index (κ2) is 11.5. The molecule has 2 amide bonds. The molecule has 0 saturated carbocycles. The van der Waals surface area contributed by atoms with E-state index >= 15 is 0 Å². The van der Waals surface area contributed by atoms with Crippen LogP contribution >= 0.6 is 0 Å². The quantitative estimate of drug-likeness (QED) is 0.507. The van der Waals surface area contributed by atoms with E-state index in [1.165, 1.54) is 0 Å². The predicted molar refractivity (Wildman–Crippen MR) is 77.8 cm³/mol. The first-order valence-electron chi connectivity index (χ1n) is 7.37. The molecule has 0 aromatic heterocycles. The highest BCUT2D eigenvalue weighted by Gasteiger charge is 2.24. The van der Waals surface area contributed by atoms with Crippen LogP contribution in [0, 0.1) is 5.92 Å². The summed E-state index contributed by atoms with van der Waals surface area (Å²) in [6, 6.07) is -1.29. The molecule has 0 aliphatic rings. The van der Waals surface area contributed by atoms with Crippen LogP contribution in [0.1, 0.15) is 46.5 Å². The van der Waals surface area contributed by atoms with E-state index in [0.29, 0.717) is 19.6 Å². The molecule has 0 radical (unpaired) electrons. The number of carbonyl (C=O) groups is 2. The number of rotatable bonds is 11. The molecule has 0 rings (SSSR count). The Morgan fingerprint density at radius 3 is 2.40 bits per heavy atom. The SMILES string of the molecule is CCCCOCCCNC(=O)N[C@H](C(=O)O)C(C)CC. The highest BCUT2D eigenvalue weighted by molar-refractivity contribution is 5.82. The topological polar surface area (TPSA) is 87.7 Å². The van der Waals surface area contributed by atoms with Gasteiger partial charge < -0.3 is 20.5 Å². The number of carbonyl (C=O) groups excluding carboxylic acids is 1. The van der Waals surface area contributed by atoms with Crippen LogP contribution < -0.4 is 10.6 Å². The molecule has 0 aliphatic carbocycles. The Morgan fingerprint density at radius 1 is 1.20 bits per heavy atom. The Labute approximate surface area is 121 Å². The van der Waals surface area contributed by atoms with Gasteiger partial charge in [-0.05, 0) is 18.8 Å². The van der Waals surface area contributed by atoms with Gasteiger partial charge in [0.1, 0.15) is 6.04 Å². The molecule has 6 nitrogen and oxygen atoms in total. The van der Waals surface area contributed by atoms with E-state index < -0.39 is 18.0 Å². The van der Waals surface area contributed by atoms with Crippen molar-refractivity contribution in [1.82, 2.24) is 10.6 Å². The lowest BCUT2D eigenvalue weighted by Gasteiger charge is -2.20. The summed E-state index contributed by atoms with van der Waals surface area (Å²) in [5.74, 6) is -1.10. The van der Waals surface area contributed by atoms with Gasteiger partial charge in [-0.25, -0.2) is 9.59 Å². The third-order valence-electron chi connectivity index (χ3n) is 3.16. The molecule has 0 saturated heterocycles. The molecule has 1 unspecified atom stereocenters. The molecular formula is C14H28N2O4. The molecular weight excluding hydrogens is 260 g/mol. The fourth-order valence-electron chi connectivity index (χ4n) is 1.60. The smallest absolute Gasteiger partial charge is 0.326 e. The van der Waals surface area contributed by atoms with Gasteiger partial charge in [0.25, 0.3) is 0 Å². The van der Waals surface area contributed by atoms with Crippen LogP contribution in [0.25, 0.3) is 0 Å². The normalized spacial score (nSPS) is 13.6. The van der Waals surface area contributed by atoms with Gasteiger partial charge in [0.05, 0.1) is 0 Å². The summed E-state index contributed by atoms with van der Waals surface area (Å²) in [6.07, 6.45) is 3.57. The first-order valence-corrected chi connectivity index (χ1v) is 7.37. The highest BCUT2D eigenvalue weighted by Crippen LogP contribution is 2.07. The number of aliphatic carboxylic acids is 1. The second-order valence-electron chi connectivity index (χ2n) is 4.92. The molecule has 0 aromatic rings. The fraction of sp³-hybridized carbons (Fsp3) is 0.857. The number of hydrogen-bond acceptors (Lipinski definition) is 3. The van der Waals surface area contributed by atoms with Gasteiger partial charge in [0.2, 0.25) is 0 Å². The van der Waals surface area contributed by atoms with Gasteiger partial charge in [0, 0.05) is 19.8 Å². The van der Waals surface area contributed by atoms with Gasteiger partial charge >= 0.3 is 12.0 Å². The Hall–Kier alpha value is -1.30. The number of hydrogen-bond donors (Lipinski definition) is 3. The van der Waals surface area contributed by atoms with Gasteiger partial charge in [-0.15, -0.1) is 0 Å². The Kier molecular flexibility index (Phi) is 10.8. The molecule has 0 heterocycles. The van der Waals surface area contributed by atoms with E-state index in [0.717, 1.165) is 25.9 Å². The zero-order valence-electron chi connectivity index (χ0n) is 12.8. The third kappa shape index (κ3) is 8.74. The van der Waals surface area contributed by atoms with Crippen molar-refractivity contribution in [3.8, 4) is 0 Å². The molecule has 3 N–H and O–H groups in total. The maximum atomic E-state index is 11.6. The van der Waals surface area contributed by atoms with Crippen LogP contribution in [0.4, 0.5) is 4.79 Å². The predicted octanol–water partition coefficient (Wildman–Crippen LogP) is 1.99. The average Bonchev–Trinajstić information content (AvgIpc) is 2.42. The maximum absolute atomic E-state index is 11.6. The molecule has 0 fully saturated rings. The fourth-order valence-corrected chi connectivity index (χ4v) is 1.60. The lowest BCUT2D eigenvalue weighted by Crippen LogP contribution is -2.49. The summed E-state index contributed by atoms with van der Waals surface area (Å²) >= 11 is 0. The summed E-state index contributed by atoms with van der Waals surface area (Å²) in [6.45, 7) is 7.64. The number of urea groups is 1. The van der Waals surface area contributed by atoms with Crippen molar-refractivity contribution in [2.24, 2.45) is 5.92 Å². The average molecular weight is 288 g/mol. The minimum absolute atomic E-state index is 0.101. The van der Waals surface area contributed by atoms with Crippen LogP contribution in [0.3, 0.4) is 0 Å². The number of amides is 2. The maximum Gasteiger partial charge on any atom is 0.326 e. The van der Waals surface area contributed by atoms with Crippen LogP contribution in [-0.4, -0.2) is 42.9 Å². The number of ether oxygens (including phenoxy) is 1. The molecule has 118 valence electrons. The van der Waals surface area contributed by atoms with Crippen molar-refractivity contribution in [2.75, 3.05) is 19.8 Å². The largest absolute Gasteiger partial charge is 0.480 e. The van der Waals surface area contributed by atoms with Crippen molar-refractivity contribution in [1.29, 1.82) is 0 Å². The lowest BCUT2D eigenvalue weighted by atomic mass is 9.99. The summed E-state index contributed by atoms with van der Waals surface area (Å²) in [4.78, 5) is 22.6. The van der Waals surface area contributed by atoms with Gasteiger partial charge in [-0.1, -0.05) is 33.6 Å². The zero-order valence-corrected chi connectivity index (χ0v) is 12.8. The lowest BCUT2D eigenvalue weighted by molar-refractivity contribution is -0.140. The molecule has 20 heavy (non-hydrogen) atoms. The van der Waals surface area contributed by atoms with E-state index in [4.69, 9.17) is 9.84 Å². The number of unbranched alkanes of at least 4 members (excludes halogenated alkanes) is 1. The Balaban J connectivity index is 3.78. The van der Waals surface area contributed by atoms with Crippen molar-refractivity contribution in [2.45, 2.75) is 52.5 Å². The van der Waals surface area contributed by atoms with Crippen LogP contribution in [0.5, 0.6) is 0 Å². The molecule has 0 bridgehead atoms. The molecule has 0 aliphatic heterocycles. The molecule has 0 aromatic carbocycles. The molecule has 6 heteroatoms. The Bertz CT molecular complexity index is 284. The van der Waals surface area contributed by atoms with Crippen LogP contribution in [0.2, 0.25) is 0 Å². The van der Waals surface area contributed by atoms with E-state index in [2.05, 4.69) is 17.6 Å². The molecule has 0 spiro atoms. The third-order valence-corrected chi connectivity index (χ3v) is 3.16. The highest BCUT2D eigenvalue weighted by atomic mass is 16.5. The summed E-state index contributed by atoms with van der Waals surface area (Å²) in [5.41, 5.74) is 0. The zero-order chi connectivity index (χ0) is 15.4. The van der Waals surface area contributed by atoms with Crippen molar-refractivity contribution in [3.05, 3.63) is 0 Å². The number of carboxylic acids is 1. The van der Waals surface area contributed by atoms with E-state index in [9.17, 15) is 9.59 Å². The van der Waals surface area contributed by atoms with Crippen molar-refractivity contribution < 1.29 is 19.4 Å². The second-order valence-corrected chi connectivity index (χ2v) is 4.92. The van der Waals surface area contributed by atoms with Gasteiger partial charge in [-0.3, -0.25) is 0 Å². The standard InChI is InChI=1S/C14H28N2O4/c1-4-6-9-20-10-7-8-15-14(19)16-12(13(17)18)11(3)5-2/h11-12H,4-10H2,1-3H3,(H,17,18)(H2,15,16,19)/t11?,12-/m0/s1. The van der Waals surface area contributed by atoms with Gasteiger partial charge in [-0.2, -0.15) is 0 Å². The summed E-state index contributed by atoms with van der Waals surface area (Å²) < 4.78 is 5.36. The number of carboxylic acid groups (broad SMARTS) is 1. The van der Waals surface area contributed by atoms with E-state index in [1.807, 2.05) is 6.92 Å². The summed E-state index contributed by atoms with van der Waals surface area (Å²) in [5, 5.41) is 14.2.